The minimum Gasteiger partial charge on any atom is -0.494 e. The van der Waals surface area contributed by atoms with Gasteiger partial charge in [0.1, 0.15) is 17.3 Å². The lowest BCUT2D eigenvalue weighted by Gasteiger charge is -2.06. The number of nitro groups is 1. The van der Waals surface area contributed by atoms with Crippen molar-refractivity contribution in [2.75, 3.05) is 6.61 Å². The smallest absolute Gasteiger partial charge is 0.271 e. The summed E-state index contributed by atoms with van der Waals surface area (Å²) in [7, 11) is 0. The molecule has 0 fully saturated rings. The van der Waals surface area contributed by atoms with Crippen LogP contribution < -0.4 is 4.74 Å². The molecule has 0 bridgehead atoms. The number of hydrogen-bond acceptors (Lipinski definition) is 5. The number of pyridine rings is 1. The van der Waals surface area contributed by atoms with E-state index in [1.54, 1.807) is 29.1 Å². The van der Waals surface area contributed by atoms with Crippen LogP contribution in [-0.2, 0) is 0 Å². The van der Waals surface area contributed by atoms with Crippen LogP contribution in [0.1, 0.15) is 6.92 Å². The first kappa shape index (κ1) is 19.6. The lowest BCUT2D eigenvalue weighted by atomic mass is 10.1. The summed E-state index contributed by atoms with van der Waals surface area (Å²) >= 11 is 0. The van der Waals surface area contributed by atoms with Gasteiger partial charge >= 0.3 is 0 Å². The fraction of sp³-hybridized carbons (Fsp3) is 0.0833. The van der Waals surface area contributed by atoms with Crippen molar-refractivity contribution in [1.82, 2.24) is 14.8 Å². The molecular weight excluding hydrogens is 411 g/mol. The van der Waals surface area contributed by atoms with Gasteiger partial charge in [0.2, 0.25) is 0 Å². The van der Waals surface area contributed by atoms with Gasteiger partial charge < -0.3 is 4.74 Å². The second-order valence-corrected chi connectivity index (χ2v) is 7.18. The number of fused-ring (bicyclic) bond motifs is 3. The lowest BCUT2D eigenvalue weighted by Crippen LogP contribution is -1.99. The van der Waals surface area contributed by atoms with Crippen LogP contribution in [0.15, 0.2) is 72.9 Å². The van der Waals surface area contributed by atoms with Crippen LogP contribution in [0.4, 0.5) is 10.1 Å². The van der Waals surface area contributed by atoms with Crippen molar-refractivity contribution in [2.45, 2.75) is 6.92 Å². The quantitative estimate of drug-likeness (QED) is 0.265. The Hall–Kier alpha value is -4.33. The predicted octanol–water partition coefficient (Wildman–Crippen LogP) is 5.69. The predicted molar refractivity (Wildman–Crippen MR) is 120 cm³/mol. The Labute approximate surface area is 181 Å². The van der Waals surface area contributed by atoms with Gasteiger partial charge in [-0.15, -0.1) is 0 Å². The highest BCUT2D eigenvalue weighted by Gasteiger charge is 2.19. The van der Waals surface area contributed by atoms with E-state index in [4.69, 9.17) is 9.84 Å². The minimum absolute atomic E-state index is 0.0571. The van der Waals surface area contributed by atoms with Gasteiger partial charge in [-0.05, 0) is 55.5 Å². The molecule has 0 unspecified atom stereocenters. The van der Waals surface area contributed by atoms with Gasteiger partial charge in [0.15, 0.2) is 0 Å². The Morgan fingerprint density at radius 3 is 2.62 bits per heavy atom. The number of ether oxygens (including phenoxy) is 1. The molecule has 2 aromatic heterocycles. The molecule has 158 valence electrons. The summed E-state index contributed by atoms with van der Waals surface area (Å²) in [5.41, 5.74) is 3.12. The first-order valence-electron chi connectivity index (χ1n) is 10.00. The fourth-order valence-electron chi connectivity index (χ4n) is 3.77. The number of aromatic nitrogens is 3. The average molecular weight is 428 g/mol. The summed E-state index contributed by atoms with van der Waals surface area (Å²) in [6.07, 6.45) is 1.70. The second kappa shape index (κ2) is 7.73. The van der Waals surface area contributed by atoms with Crippen molar-refractivity contribution in [2.24, 2.45) is 0 Å². The molecule has 0 saturated carbocycles. The summed E-state index contributed by atoms with van der Waals surface area (Å²) in [5, 5.41) is 17.4. The zero-order valence-corrected chi connectivity index (χ0v) is 17.0. The van der Waals surface area contributed by atoms with Crippen molar-refractivity contribution in [1.29, 1.82) is 0 Å². The van der Waals surface area contributed by atoms with Crippen molar-refractivity contribution in [3.8, 4) is 22.7 Å². The van der Waals surface area contributed by atoms with Gasteiger partial charge in [-0.3, -0.25) is 15.1 Å². The molecule has 0 aliphatic rings. The van der Waals surface area contributed by atoms with Crippen molar-refractivity contribution >= 4 is 27.5 Å². The number of benzene rings is 3. The molecule has 0 aliphatic carbocycles. The number of non-ortho nitro benzene ring substituents is 1. The second-order valence-electron chi connectivity index (χ2n) is 7.18. The van der Waals surface area contributed by atoms with E-state index in [9.17, 15) is 14.5 Å². The summed E-state index contributed by atoms with van der Waals surface area (Å²) in [5.74, 6) is 0.338. The van der Waals surface area contributed by atoms with E-state index in [0.29, 0.717) is 39.8 Å². The van der Waals surface area contributed by atoms with E-state index in [1.165, 1.54) is 24.3 Å². The summed E-state index contributed by atoms with van der Waals surface area (Å²) < 4.78 is 21.3. The number of nitro benzene ring substituents is 1. The summed E-state index contributed by atoms with van der Waals surface area (Å²) in [6.45, 7) is 2.48. The zero-order chi connectivity index (χ0) is 22.2. The monoisotopic (exact) mass is 428 g/mol. The van der Waals surface area contributed by atoms with Crippen LogP contribution in [0.3, 0.4) is 0 Å². The van der Waals surface area contributed by atoms with E-state index in [-0.39, 0.29) is 5.69 Å². The molecule has 0 spiro atoms. The van der Waals surface area contributed by atoms with Gasteiger partial charge in [-0.25, -0.2) is 9.07 Å². The molecule has 0 radical (unpaired) electrons. The van der Waals surface area contributed by atoms with Gasteiger partial charge in [-0.1, -0.05) is 6.07 Å². The molecule has 2 heterocycles. The van der Waals surface area contributed by atoms with Crippen molar-refractivity contribution in [3.63, 3.8) is 0 Å². The van der Waals surface area contributed by atoms with Crippen LogP contribution >= 0.6 is 0 Å². The van der Waals surface area contributed by atoms with E-state index >= 15 is 0 Å². The maximum atomic E-state index is 14.2. The van der Waals surface area contributed by atoms with E-state index < -0.39 is 10.7 Å². The molecule has 0 N–H and O–H groups in total. The van der Waals surface area contributed by atoms with Crippen LogP contribution in [0, 0.1) is 15.9 Å². The third-order valence-electron chi connectivity index (χ3n) is 5.19. The minimum atomic E-state index is -0.456. The van der Waals surface area contributed by atoms with E-state index in [0.717, 1.165) is 11.3 Å². The molecule has 3 aromatic carbocycles. The third kappa shape index (κ3) is 3.31. The third-order valence-corrected chi connectivity index (χ3v) is 5.19. The molecule has 8 heteroatoms. The largest absolute Gasteiger partial charge is 0.494 e. The normalized spacial score (nSPS) is 11.2. The highest BCUT2D eigenvalue weighted by Crippen LogP contribution is 2.35. The van der Waals surface area contributed by atoms with Gasteiger partial charge in [0.05, 0.1) is 28.3 Å². The lowest BCUT2D eigenvalue weighted by molar-refractivity contribution is -0.384. The van der Waals surface area contributed by atoms with Gasteiger partial charge in [0.25, 0.3) is 5.69 Å². The fourth-order valence-corrected chi connectivity index (χ4v) is 3.77. The first-order chi connectivity index (χ1) is 15.5. The molecule has 7 nitrogen and oxygen atoms in total. The molecule has 0 amide bonds. The summed E-state index contributed by atoms with van der Waals surface area (Å²) in [4.78, 5) is 15.3. The van der Waals surface area contributed by atoms with Gasteiger partial charge in [0, 0.05) is 34.7 Å². The maximum Gasteiger partial charge on any atom is 0.271 e. The maximum absolute atomic E-state index is 14.2. The van der Waals surface area contributed by atoms with Crippen LogP contribution in [-0.4, -0.2) is 26.3 Å². The molecule has 5 rings (SSSR count). The standard InChI is InChI=1S/C24H17FN4O3/c1-2-32-19-9-6-15(7-10-19)23-21-14-26-22-11-8-16(25)12-20(22)24(21)28(27-23)17-4-3-5-18(13-17)29(30)31/h3-14H,2H2,1H3. The zero-order valence-electron chi connectivity index (χ0n) is 17.0. The highest BCUT2D eigenvalue weighted by molar-refractivity contribution is 6.08. The molecule has 0 aliphatic heterocycles. The molecule has 0 atom stereocenters. The first-order valence-corrected chi connectivity index (χ1v) is 10.00. The van der Waals surface area contributed by atoms with Crippen LogP contribution in [0.2, 0.25) is 0 Å². The number of halogens is 1. The topological polar surface area (TPSA) is 83.1 Å². The molecule has 32 heavy (non-hydrogen) atoms. The van der Waals surface area contributed by atoms with Crippen molar-refractivity contribution < 1.29 is 14.1 Å². The number of nitrogens with zero attached hydrogens (tertiary/aromatic N) is 4. The molecular formula is C24H17FN4O3. The van der Waals surface area contributed by atoms with E-state index in [2.05, 4.69) is 4.98 Å². The highest BCUT2D eigenvalue weighted by atomic mass is 19.1. The Kier molecular flexibility index (Phi) is 4.74. The number of hydrogen-bond donors (Lipinski definition) is 0. The van der Waals surface area contributed by atoms with Crippen molar-refractivity contribution in [3.05, 3.63) is 88.9 Å². The Bertz CT molecular complexity index is 1480. The molecule has 0 saturated heterocycles. The molecule has 5 aromatic rings. The Balaban J connectivity index is 1.81. The number of rotatable bonds is 5. The SMILES string of the molecule is CCOc1ccc(-c2nn(-c3cccc([N+](=O)[O-])c3)c3c2cnc2ccc(F)cc23)cc1. The average Bonchev–Trinajstić information content (AvgIpc) is 3.20. The Morgan fingerprint density at radius 2 is 1.88 bits per heavy atom. The summed E-state index contributed by atoms with van der Waals surface area (Å²) in [6, 6.07) is 18.0. The van der Waals surface area contributed by atoms with Crippen LogP contribution in [0.5, 0.6) is 5.75 Å². The Morgan fingerprint density at radius 1 is 1.06 bits per heavy atom. The van der Waals surface area contributed by atoms with Gasteiger partial charge in [-0.2, -0.15) is 5.10 Å². The van der Waals surface area contributed by atoms with Crippen LogP contribution in [0.25, 0.3) is 38.8 Å². The van der Waals surface area contributed by atoms with E-state index in [1.807, 2.05) is 31.2 Å².